The Bertz CT molecular complexity index is 599. The van der Waals surface area contributed by atoms with Gasteiger partial charge in [0, 0.05) is 17.3 Å². The Kier molecular flexibility index (Phi) is 5.46. The highest BCUT2D eigenvalue weighted by molar-refractivity contribution is 6.30. The number of carbonyl (C=O) groups excluding carboxylic acids is 1. The van der Waals surface area contributed by atoms with Crippen LogP contribution < -0.4 is 15.4 Å². The van der Waals surface area contributed by atoms with E-state index in [2.05, 4.69) is 10.6 Å². The van der Waals surface area contributed by atoms with Crippen LogP contribution in [0.3, 0.4) is 0 Å². The lowest BCUT2D eigenvalue weighted by atomic mass is 10.2. The number of hydrogen-bond acceptors (Lipinski definition) is 2. The van der Waals surface area contributed by atoms with Crippen LogP contribution in [-0.4, -0.2) is 12.6 Å². The van der Waals surface area contributed by atoms with Gasteiger partial charge in [0.25, 0.3) is 0 Å². The number of ether oxygens (including phenoxy) is 1. The predicted molar refractivity (Wildman–Crippen MR) is 84.9 cm³/mol. The number of anilines is 1. The van der Waals surface area contributed by atoms with Gasteiger partial charge in [-0.05, 0) is 48.9 Å². The summed E-state index contributed by atoms with van der Waals surface area (Å²) in [6.07, 6.45) is 0. The predicted octanol–water partition coefficient (Wildman–Crippen LogP) is 4.06. The summed E-state index contributed by atoms with van der Waals surface area (Å²) in [6.45, 7) is 2.98. The van der Waals surface area contributed by atoms with Crippen molar-refractivity contribution in [2.24, 2.45) is 0 Å². The quantitative estimate of drug-likeness (QED) is 0.875. The highest BCUT2D eigenvalue weighted by Crippen LogP contribution is 2.14. The average molecular weight is 305 g/mol. The Morgan fingerprint density at radius 1 is 1.19 bits per heavy atom. The van der Waals surface area contributed by atoms with Crippen molar-refractivity contribution in [3.05, 3.63) is 59.1 Å². The summed E-state index contributed by atoms with van der Waals surface area (Å²) in [5, 5.41) is 6.17. The Hall–Kier alpha value is -2.20. The first-order chi connectivity index (χ1) is 10.2. The second kappa shape index (κ2) is 7.55. The molecule has 0 heterocycles. The summed E-state index contributed by atoms with van der Waals surface area (Å²) < 4.78 is 5.42. The molecule has 0 unspecified atom stereocenters. The van der Waals surface area contributed by atoms with E-state index in [4.69, 9.17) is 16.3 Å². The van der Waals surface area contributed by atoms with Crippen molar-refractivity contribution in [2.75, 3.05) is 11.9 Å². The van der Waals surface area contributed by atoms with Gasteiger partial charge in [-0.25, -0.2) is 4.79 Å². The fraction of sp³-hybridized carbons (Fsp3) is 0.188. The normalized spacial score (nSPS) is 10.0. The van der Waals surface area contributed by atoms with Crippen LogP contribution in [0, 0.1) is 0 Å². The second-order valence-electron chi connectivity index (χ2n) is 4.39. The van der Waals surface area contributed by atoms with E-state index in [-0.39, 0.29) is 6.03 Å². The van der Waals surface area contributed by atoms with Crippen molar-refractivity contribution in [1.29, 1.82) is 0 Å². The molecule has 0 saturated heterocycles. The van der Waals surface area contributed by atoms with Crippen molar-refractivity contribution in [1.82, 2.24) is 5.32 Å². The highest BCUT2D eigenvalue weighted by Gasteiger charge is 2.02. The molecule has 5 heteroatoms. The van der Waals surface area contributed by atoms with Gasteiger partial charge < -0.3 is 15.4 Å². The van der Waals surface area contributed by atoms with Crippen molar-refractivity contribution in [2.45, 2.75) is 13.5 Å². The van der Waals surface area contributed by atoms with Gasteiger partial charge in [-0.2, -0.15) is 0 Å². The molecule has 4 nitrogen and oxygen atoms in total. The standard InChI is InChI=1S/C16H17ClN2O2/c1-2-21-15-5-3-4-12(10-15)11-18-16(20)19-14-8-6-13(17)7-9-14/h3-10H,2,11H2,1H3,(H2,18,19,20). The molecule has 21 heavy (non-hydrogen) atoms. The van der Waals surface area contributed by atoms with Crippen LogP contribution in [0.1, 0.15) is 12.5 Å². The summed E-state index contributed by atoms with van der Waals surface area (Å²) in [5.74, 6) is 0.801. The molecule has 0 saturated carbocycles. The number of nitrogens with one attached hydrogen (secondary N) is 2. The third-order valence-corrected chi connectivity index (χ3v) is 3.02. The second-order valence-corrected chi connectivity index (χ2v) is 4.83. The lowest BCUT2D eigenvalue weighted by Crippen LogP contribution is -2.28. The summed E-state index contributed by atoms with van der Waals surface area (Å²) in [7, 11) is 0. The molecule has 2 aromatic rings. The largest absolute Gasteiger partial charge is 0.494 e. The first kappa shape index (κ1) is 15.2. The van der Waals surface area contributed by atoms with Gasteiger partial charge in [0.2, 0.25) is 0 Å². The molecule has 0 spiro atoms. The van der Waals surface area contributed by atoms with Gasteiger partial charge in [0.15, 0.2) is 0 Å². The number of carbonyl (C=O) groups is 1. The number of rotatable bonds is 5. The van der Waals surface area contributed by atoms with Crippen molar-refractivity contribution < 1.29 is 9.53 Å². The Morgan fingerprint density at radius 2 is 1.95 bits per heavy atom. The fourth-order valence-electron chi connectivity index (χ4n) is 1.80. The van der Waals surface area contributed by atoms with Crippen molar-refractivity contribution in [3.63, 3.8) is 0 Å². The number of hydrogen-bond donors (Lipinski definition) is 2. The topological polar surface area (TPSA) is 50.4 Å². The van der Waals surface area contributed by atoms with Gasteiger partial charge in [0.05, 0.1) is 6.61 Å². The van der Waals surface area contributed by atoms with Crippen molar-refractivity contribution >= 4 is 23.3 Å². The van der Waals surface area contributed by atoms with E-state index in [1.807, 2.05) is 31.2 Å². The first-order valence-electron chi connectivity index (χ1n) is 6.69. The summed E-state index contributed by atoms with van der Waals surface area (Å²) in [6, 6.07) is 14.3. The fourth-order valence-corrected chi connectivity index (χ4v) is 1.93. The van der Waals surface area contributed by atoms with Crippen molar-refractivity contribution in [3.8, 4) is 5.75 Å². The van der Waals surface area contributed by atoms with Crippen LogP contribution in [0.4, 0.5) is 10.5 Å². The van der Waals surface area contributed by atoms with E-state index in [9.17, 15) is 4.79 Å². The molecule has 0 atom stereocenters. The van der Waals surface area contributed by atoms with Crippen LogP contribution in [0.25, 0.3) is 0 Å². The van der Waals surface area contributed by atoms with E-state index in [0.717, 1.165) is 11.3 Å². The third-order valence-electron chi connectivity index (χ3n) is 2.76. The zero-order valence-corrected chi connectivity index (χ0v) is 12.5. The molecule has 2 aromatic carbocycles. The van der Waals surface area contributed by atoms with Gasteiger partial charge in [-0.3, -0.25) is 0 Å². The maximum absolute atomic E-state index is 11.8. The maximum Gasteiger partial charge on any atom is 0.319 e. The Balaban J connectivity index is 1.86. The zero-order valence-electron chi connectivity index (χ0n) is 11.7. The molecule has 0 radical (unpaired) electrons. The molecule has 0 aromatic heterocycles. The smallest absolute Gasteiger partial charge is 0.319 e. The molecule has 0 bridgehead atoms. The van der Waals surface area contributed by atoms with E-state index in [1.54, 1.807) is 24.3 Å². The molecule has 110 valence electrons. The zero-order chi connectivity index (χ0) is 15.1. The number of urea groups is 1. The van der Waals surface area contributed by atoms with Crippen LogP contribution in [-0.2, 0) is 6.54 Å². The van der Waals surface area contributed by atoms with E-state index in [1.165, 1.54) is 0 Å². The number of amides is 2. The minimum atomic E-state index is -0.265. The van der Waals surface area contributed by atoms with E-state index < -0.39 is 0 Å². The van der Waals surface area contributed by atoms with Gasteiger partial charge >= 0.3 is 6.03 Å². The Labute approximate surface area is 129 Å². The molecule has 0 aliphatic heterocycles. The van der Waals surface area contributed by atoms with Crippen LogP contribution in [0.2, 0.25) is 5.02 Å². The SMILES string of the molecule is CCOc1cccc(CNC(=O)Nc2ccc(Cl)cc2)c1. The van der Waals surface area contributed by atoms with Gasteiger partial charge in [-0.1, -0.05) is 23.7 Å². The third kappa shape index (κ3) is 5.00. The minimum Gasteiger partial charge on any atom is -0.494 e. The van der Waals surface area contributed by atoms with Crippen LogP contribution in [0.15, 0.2) is 48.5 Å². The first-order valence-corrected chi connectivity index (χ1v) is 7.07. The molecule has 0 aliphatic rings. The highest BCUT2D eigenvalue weighted by atomic mass is 35.5. The van der Waals surface area contributed by atoms with Crippen LogP contribution >= 0.6 is 11.6 Å². The Morgan fingerprint density at radius 3 is 2.67 bits per heavy atom. The molecule has 0 aliphatic carbocycles. The molecule has 2 amide bonds. The lowest BCUT2D eigenvalue weighted by molar-refractivity contribution is 0.251. The summed E-state index contributed by atoms with van der Waals surface area (Å²) >= 11 is 5.79. The number of benzene rings is 2. The van der Waals surface area contributed by atoms with Gasteiger partial charge in [0.1, 0.15) is 5.75 Å². The summed E-state index contributed by atoms with van der Waals surface area (Å²) in [4.78, 5) is 11.8. The molecular weight excluding hydrogens is 288 g/mol. The van der Waals surface area contributed by atoms with E-state index in [0.29, 0.717) is 23.9 Å². The van der Waals surface area contributed by atoms with E-state index >= 15 is 0 Å². The number of halogens is 1. The molecule has 0 fully saturated rings. The summed E-state index contributed by atoms with van der Waals surface area (Å²) in [5.41, 5.74) is 1.67. The van der Waals surface area contributed by atoms with Gasteiger partial charge in [-0.15, -0.1) is 0 Å². The monoisotopic (exact) mass is 304 g/mol. The molecule has 2 rings (SSSR count). The average Bonchev–Trinajstić information content (AvgIpc) is 2.48. The maximum atomic E-state index is 11.8. The van der Waals surface area contributed by atoms with Crippen LogP contribution in [0.5, 0.6) is 5.75 Å². The molecule has 2 N–H and O–H groups in total. The minimum absolute atomic E-state index is 0.265. The molecular formula is C16H17ClN2O2. The lowest BCUT2D eigenvalue weighted by Gasteiger charge is -2.09.